The number of nitrogens with zero attached hydrogens (tertiary/aromatic N) is 1. The van der Waals surface area contributed by atoms with Gasteiger partial charge in [-0.1, -0.05) is 36.7 Å². The average molecular weight is 365 g/mol. The van der Waals surface area contributed by atoms with Crippen molar-refractivity contribution in [3.8, 4) is 0 Å². The van der Waals surface area contributed by atoms with Crippen LogP contribution in [-0.4, -0.2) is 19.4 Å². The summed E-state index contributed by atoms with van der Waals surface area (Å²) in [5.74, 6) is 0.0981. The van der Waals surface area contributed by atoms with Gasteiger partial charge in [-0.15, -0.1) is 0 Å². The van der Waals surface area contributed by atoms with E-state index in [-0.39, 0.29) is 16.9 Å². The molecular formula is C12H17BrN2O4S. The molecule has 0 amide bonds. The van der Waals surface area contributed by atoms with Crippen LogP contribution in [0.5, 0.6) is 0 Å². The number of hydrogen-bond acceptors (Lipinski definition) is 4. The van der Waals surface area contributed by atoms with Gasteiger partial charge in [0.15, 0.2) is 4.90 Å². The van der Waals surface area contributed by atoms with Gasteiger partial charge in [0, 0.05) is 16.6 Å². The fraction of sp³-hybridized carbons (Fsp3) is 0.500. The highest BCUT2D eigenvalue weighted by Gasteiger charge is 2.28. The molecule has 1 unspecified atom stereocenters. The first-order chi connectivity index (χ1) is 9.19. The first-order valence-electron chi connectivity index (χ1n) is 6.15. The number of nitrogens with one attached hydrogen (secondary N) is 1. The third kappa shape index (κ3) is 4.00. The first-order valence-corrected chi connectivity index (χ1v) is 8.43. The van der Waals surface area contributed by atoms with Crippen molar-refractivity contribution in [3.63, 3.8) is 0 Å². The highest BCUT2D eigenvalue weighted by molar-refractivity contribution is 9.10. The van der Waals surface area contributed by atoms with E-state index >= 15 is 0 Å². The Labute approximate surface area is 126 Å². The van der Waals surface area contributed by atoms with Crippen LogP contribution in [-0.2, 0) is 10.0 Å². The Morgan fingerprint density at radius 3 is 2.45 bits per heavy atom. The molecule has 0 aliphatic rings. The quantitative estimate of drug-likeness (QED) is 0.620. The standard InChI is InChI=1S/C12H17BrN2O4S/c1-4-10(8(2)3)14-20(18,19)12-7-9(13)5-6-11(12)15(16)17/h5-8,10,14H,4H2,1-3H3. The largest absolute Gasteiger partial charge is 0.289 e. The fourth-order valence-corrected chi connectivity index (χ4v) is 3.98. The molecule has 0 saturated carbocycles. The number of halogens is 1. The highest BCUT2D eigenvalue weighted by Crippen LogP contribution is 2.27. The summed E-state index contributed by atoms with van der Waals surface area (Å²) < 4.78 is 27.7. The van der Waals surface area contributed by atoms with Gasteiger partial charge in [0.05, 0.1) is 4.92 Å². The van der Waals surface area contributed by atoms with Crippen LogP contribution in [0.2, 0.25) is 0 Å². The smallest absolute Gasteiger partial charge is 0.258 e. The predicted molar refractivity (Wildman–Crippen MR) is 80.0 cm³/mol. The molecule has 1 atom stereocenters. The number of sulfonamides is 1. The third-order valence-corrected chi connectivity index (χ3v) is 4.97. The van der Waals surface area contributed by atoms with E-state index in [4.69, 9.17) is 0 Å². The van der Waals surface area contributed by atoms with E-state index in [1.54, 1.807) is 0 Å². The molecule has 0 spiro atoms. The molecule has 1 N–H and O–H groups in total. The van der Waals surface area contributed by atoms with Gasteiger partial charge < -0.3 is 0 Å². The van der Waals surface area contributed by atoms with E-state index in [1.165, 1.54) is 18.2 Å². The lowest BCUT2D eigenvalue weighted by molar-refractivity contribution is -0.387. The molecule has 1 aromatic rings. The zero-order valence-electron chi connectivity index (χ0n) is 11.5. The monoisotopic (exact) mass is 364 g/mol. The van der Waals surface area contributed by atoms with Crippen molar-refractivity contribution in [2.45, 2.75) is 38.1 Å². The maximum Gasteiger partial charge on any atom is 0.289 e. The zero-order chi connectivity index (χ0) is 15.5. The molecule has 0 aliphatic heterocycles. The van der Waals surface area contributed by atoms with Crippen molar-refractivity contribution in [2.75, 3.05) is 0 Å². The van der Waals surface area contributed by atoms with E-state index in [0.29, 0.717) is 10.9 Å². The van der Waals surface area contributed by atoms with Crippen molar-refractivity contribution in [1.82, 2.24) is 4.72 Å². The third-order valence-electron chi connectivity index (χ3n) is 2.96. The summed E-state index contributed by atoms with van der Waals surface area (Å²) in [6.07, 6.45) is 0.610. The molecule has 0 saturated heterocycles. The Kier molecular flexibility index (Phi) is 5.67. The minimum Gasteiger partial charge on any atom is -0.258 e. The number of nitro benzene ring substituents is 1. The van der Waals surface area contributed by atoms with Gasteiger partial charge in [-0.3, -0.25) is 10.1 Å². The van der Waals surface area contributed by atoms with Crippen LogP contribution in [0.25, 0.3) is 0 Å². The summed E-state index contributed by atoms with van der Waals surface area (Å²) in [7, 11) is -3.94. The first kappa shape index (κ1) is 17.1. The van der Waals surface area contributed by atoms with Crippen LogP contribution in [0.4, 0.5) is 5.69 Å². The summed E-state index contributed by atoms with van der Waals surface area (Å²) >= 11 is 3.14. The van der Waals surface area contributed by atoms with Crippen molar-refractivity contribution in [1.29, 1.82) is 0 Å². The molecule has 0 aliphatic carbocycles. The van der Waals surface area contributed by atoms with E-state index in [2.05, 4.69) is 20.7 Å². The fourth-order valence-electron chi connectivity index (χ4n) is 1.81. The molecule has 6 nitrogen and oxygen atoms in total. The molecule has 0 fully saturated rings. The second kappa shape index (κ2) is 6.64. The Bertz CT molecular complexity index is 601. The SMILES string of the molecule is CCC(NS(=O)(=O)c1cc(Br)ccc1[N+](=O)[O-])C(C)C. The van der Waals surface area contributed by atoms with Crippen LogP contribution in [0, 0.1) is 16.0 Å². The van der Waals surface area contributed by atoms with Gasteiger partial charge >= 0.3 is 0 Å². The molecule has 112 valence electrons. The molecule has 1 rings (SSSR count). The zero-order valence-corrected chi connectivity index (χ0v) is 13.9. The van der Waals surface area contributed by atoms with Gasteiger partial charge in [-0.05, 0) is 24.5 Å². The molecule has 0 heterocycles. The topological polar surface area (TPSA) is 89.3 Å². The molecule has 0 radical (unpaired) electrons. The number of hydrogen-bond donors (Lipinski definition) is 1. The van der Waals surface area contributed by atoms with Gasteiger partial charge in [0.25, 0.3) is 5.69 Å². The average Bonchev–Trinajstić information content (AvgIpc) is 2.35. The highest BCUT2D eigenvalue weighted by atomic mass is 79.9. The van der Waals surface area contributed by atoms with Gasteiger partial charge in [0.2, 0.25) is 10.0 Å². The summed E-state index contributed by atoms with van der Waals surface area (Å²) in [5, 5.41) is 11.0. The summed E-state index contributed by atoms with van der Waals surface area (Å²) in [4.78, 5) is 9.95. The van der Waals surface area contributed by atoms with Crippen LogP contribution >= 0.6 is 15.9 Å². The Morgan fingerprint density at radius 2 is 2.00 bits per heavy atom. The van der Waals surface area contributed by atoms with Crippen molar-refractivity contribution < 1.29 is 13.3 Å². The van der Waals surface area contributed by atoms with Crippen molar-refractivity contribution in [3.05, 3.63) is 32.8 Å². The normalized spacial score (nSPS) is 13.4. The number of rotatable bonds is 6. The summed E-state index contributed by atoms with van der Waals surface area (Å²) in [6, 6.07) is 3.60. The van der Waals surface area contributed by atoms with Crippen LogP contribution in [0.3, 0.4) is 0 Å². The second-order valence-electron chi connectivity index (χ2n) is 4.75. The molecular weight excluding hydrogens is 348 g/mol. The number of benzene rings is 1. The maximum atomic E-state index is 12.3. The van der Waals surface area contributed by atoms with Gasteiger partial charge in [-0.25, -0.2) is 13.1 Å². The van der Waals surface area contributed by atoms with Gasteiger partial charge in [-0.2, -0.15) is 0 Å². The number of nitro groups is 1. The van der Waals surface area contributed by atoms with E-state index < -0.39 is 20.6 Å². The maximum absolute atomic E-state index is 12.3. The Morgan fingerprint density at radius 1 is 1.40 bits per heavy atom. The van der Waals surface area contributed by atoms with E-state index in [0.717, 1.165) is 0 Å². The van der Waals surface area contributed by atoms with Crippen LogP contribution < -0.4 is 4.72 Å². The minimum atomic E-state index is -3.94. The van der Waals surface area contributed by atoms with Crippen molar-refractivity contribution in [2.24, 2.45) is 5.92 Å². The Hall–Kier alpha value is -0.990. The summed E-state index contributed by atoms with van der Waals surface area (Å²) in [6.45, 7) is 5.65. The molecule has 8 heteroatoms. The lowest BCUT2D eigenvalue weighted by atomic mass is 10.0. The van der Waals surface area contributed by atoms with E-state index in [9.17, 15) is 18.5 Å². The molecule has 20 heavy (non-hydrogen) atoms. The van der Waals surface area contributed by atoms with Crippen LogP contribution in [0.1, 0.15) is 27.2 Å². The van der Waals surface area contributed by atoms with Crippen molar-refractivity contribution >= 4 is 31.6 Å². The summed E-state index contributed by atoms with van der Waals surface area (Å²) in [5.41, 5.74) is -0.431. The van der Waals surface area contributed by atoms with Gasteiger partial charge in [0.1, 0.15) is 0 Å². The molecule has 0 bridgehead atoms. The Balaban J connectivity index is 3.28. The lowest BCUT2D eigenvalue weighted by Crippen LogP contribution is -2.38. The van der Waals surface area contributed by atoms with Crippen LogP contribution in [0.15, 0.2) is 27.6 Å². The molecule has 0 aromatic heterocycles. The molecule has 1 aromatic carbocycles. The van der Waals surface area contributed by atoms with E-state index in [1.807, 2.05) is 20.8 Å². The minimum absolute atomic E-state index is 0.0981. The second-order valence-corrected chi connectivity index (χ2v) is 7.35. The predicted octanol–water partition coefficient (Wildman–Crippen LogP) is 3.07. The lowest BCUT2D eigenvalue weighted by Gasteiger charge is -2.20.